The molecule has 48 valence electrons. The van der Waals surface area contributed by atoms with Crippen LogP contribution in [0, 0.1) is 0 Å². The van der Waals surface area contributed by atoms with E-state index >= 15 is 0 Å². The van der Waals surface area contributed by atoms with Crippen LogP contribution in [0.4, 0.5) is 0 Å². The second kappa shape index (κ2) is 10.6. The Bertz CT molecular complexity index is 74.6. The molecule has 0 radical (unpaired) electrons. The van der Waals surface area contributed by atoms with Crippen molar-refractivity contribution in [3.8, 4) is 0 Å². The van der Waals surface area contributed by atoms with Gasteiger partial charge in [-0.15, -0.1) is 0 Å². The second-order valence-electron chi connectivity index (χ2n) is 1.11. The summed E-state index contributed by atoms with van der Waals surface area (Å²) in [5, 5.41) is 0. The van der Waals surface area contributed by atoms with Crippen molar-refractivity contribution in [3.05, 3.63) is 11.5 Å². The molecule has 0 saturated carbocycles. The molecule has 0 atom stereocenters. The van der Waals surface area contributed by atoms with Gasteiger partial charge < -0.3 is 21.1 Å². The molecule has 0 saturated heterocycles. The molecule has 0 bridgehead atoms. The van der Waals surface area contributed by atoms with Gasteiger partial charge in [-0.2, -0.15) is 0 Å². The molecular formula is C4H8MgN2O2. The van der Waals surface area contributed by atoms with Gasteiger partial charge in [-0.1, -0.05) is 0 Å². The monoisotopic (exact) mass is 140 g/mol. The van der Waals surface area contributed by atoms with E-state index in [-0.39, 0.29) is 23.1 Å². The minimum absolute atomic E-state index is 0. The van der Waals surface area contributed by atoms with Crippen LogP contribution in [0.25, 0.3) is 11.5 Å². The normalized spacial score (nSPS) is 5.56. The fraction of sp³-hybridized carbons (Fsp3) is 0.500. The zero-order valence-electron chi connectivity index (χ0n) is 5.52. The van der Waals surface area contributed by atoms with Gasteiger partial charge in [-0.25, -0.2) is 0 Å². The van der Waals surface area contributed by atoms with E-state index in [4.69, 9.17) is 21.1 Å². The first-order valence-corrected chi connectivity index (χ1v) is 1.91. The Morgan fingerprint density at radius 2 is 1.00 bits per heavy atom. The van der Waals surface area contributed by atoms with E-state index in [9.17, 15) is 0 Å². The van der Waals surface area contributed by atoms with Gasteiger partial charge in [0.1, 0.15) is 0 Å². The van der Waals surface area contributed by atoms with Crippen LogP contribution in [0.5, 0.6) is 0 Å². The molecule has 0 aliphatic rings. The summed E-state index contributed by atoms with van der Waals surface area (Å²) in [6.07, 6.45) is 0. The number of hydrogen-bond donors (Lipinski definition) is 0. The van der Waals surface area contributed by atoms with Crippen LogP contribution in [0.15, 0.2) is 0 Å². The van der Waals surface area contributed by atoms with E-state index in [2.05, 4.69) is 0 Å². The Labute approximate surface area is 70.1 Å². The summed E-state index contributed by atoms with van der Waals surface area (Å²) in [5.74, 6) is -1.17. The molecule has 9 heavy (non-hydrogen) atoms. The van der Waals surface area contributed by atoms with Crippen LogP contribution in [0.2, 0.25) is 0 Å². The van der Waals surface area contributed by atoms with E-state index in [0.717, 1.165) is 0 Å². The zero-order valence-corrected chi connectivity index (χ0v) is 6.94. The Morgan fingerprint density at radius 1 is 1.00 bits per heavy atom. The molecule has 0 aromatic carbocycles. The zero-order chi connectivity index (χ0) is 7.15. The Hall–Kier alpha value is -0.294. The molecule has 0 aliphatic carbocycles. The average molecular weight is 140 g/mol. The van der Waals surface area contributed by atoms with Gasteiger partial charge in [0, 0.05) is 11.8 Å². The minimum atomic E-state index is -0.583. The van der Waals surface area contributed by atoms with Crippen molar-refractivity contribution in [3.63, 3.8) is 0 Å². The summed E-state index contributed by atoms with van der Waals surface area (Å²) in [6.45, 7) is 2.39. The number of nitrogens with one attached hydrogen (secondary N) is 2. The molecular weight excluding hydrogens is 132 g/mol. The number of amides is 2. The van der Waals surface area contributed by atoms with Crippen LogP contribution < -0.4 is 0 Å². The van der Waals surface area contributed by atoms with Gasteiger partial charge in [0.2, 0.25) is 0 Å². The van der Waals surface area contributed by atoms with Gasteiger partial charge in [0.15, 0.2) is 0 Å². The second-order valence-corrected chi connectivity index (χ2v) is 1.11. The van der Waals surface area contributed by atoms with E-state index in [1.807, 2.05) is 0 Å². The van der Waals surface area contributed by atoms with E-state index in [1.54, 1.807) is 0 Å². The van der Waals surface area contributed by atoms with Gasteiger partial charge in [0.25, 0.3) is 0 Å². The van der Waals surface area contributed by atoms with Gasteiger partial charge in [-0.05, 0) is 13.8 Å². The largest absolute Gasteiger partial charge is 2.00 e. The van der Waals surface area contributed by atoms with Crippen molar-refractivity contribution in [2.75, 3.05) is 0 Å². The molecule has 2 N–H and O–H groups in total. The Morgan fingerprint density at radius 3 is 1.00 bits per heavy atom. The quantitative estimate of drug-likeness (QED) is 0.466. The third-order valence-electron chi connectivity index (χ3n) is 0. The summed E-state index contributed by atoms with van der Waals surface area (Å²) in [6, 6.07) is 0. The molecule has 0 spiro atoms. The molecule has 0 rings (SSSR count). The van der Waals surface area contributed by atoms with Crippen LogP contribution in [-0.4, -0.2) is 34.9 Å². The van der Waals surface area contributed by atoms with Crippen LogP contribution in [-0.2, 0) is 9.59 Å². The Balaban J connectivity index is -0.0000000720. The minimum Gasteiger partial charge on any atom is -0.668 e. The first-order valence-electron chi connectivity index (χ1n) is 1.91. The topological polar surface area (TPSA) is 81.7 Å². The fourth-order valence-electron chi connectivity index (χ4n) is 0. The molecule has 0 fully saturated rings. The summed E-state index contributed by atoms with van der Waals surface area (Å²) >= 11 is 0. The molecule has 0 aromatic rings. The van der Waals surface area contributed by atoms with Crippen LogP contribution in [0.3, 0.4) is 0 Å². The van der Waals surface area contributed by atoms with Crippen LogP contribution in [0.1, 0.15) is 13.8 Å². The molecule has 4 nitrogen and oxygen atoms in total. The van der Waals surface area contributed by atoms with E-state index < -0.39 is 11.8 Å². The maximum atomic E-state index is 9.11. The predicted octanol–water partition coefficient (Wildman–Crippen LogP) is 0.789. The maximum Gasteiger partial charge on any atom is 2.00 e. The third-order valence-corrected chi connectivity index (χ3v) is 0. The SMILES string of the molecule is CC([NH-])=O.CC([NH-])=O.[Mg+2]. The summed E-state index contributed by atoms with van der Waals surface area (Å²) in [5.41, 5.74) is 11.9. The molecule has 2 amide bonds. The van der Waals surface area contributed by atoms with Crippen molar-refractivity contribution >= 4 is 34.9 Å². The van der Waals surface area contributed by atoms with Gasteiger partial charge in [0.05, 0.1) is 0 Å². The molecule has 0 aromatic heterocycles. The summed E-state index contributed by atoms with van der Waals surface area (Å²) in [4.78, 5) is 18.2. The van der Waals surface area contributed by atoms with E-state index in [1.165, 1.54) is 13.8 Å². The Kier molecular flexibility index (Phi) is 18.8. The van der Waals surface area contributed by atoms with Crippen molar-refractivity contribution in [2.45, 2.75) is 13.8 Å². The summed E-state index contributed by atoms with van der Waals surface area (Å²) < 4.78 is 0. The molecule has 5 heteroatoms. The number of rotatable bonds is 0. The van der Waals surface area contributed by atoms with Gasteiger partial charge in [-0.3, -0.25) is 0 Å². The van der Waals surface area contributed by atoms with Crippen molar-refractivity contribution in [1.82, 2.24) is 0 Å². The van der Waals surface area contributed by atoms with E-state index in [0.29, 0.717) is 0 Å². The standard InChI is InChI=1S/2C2H5NO.Mg/c2*1-2(3)4;/h2*1H3,(H2,3,4);/q;;+2/p-2. The van der Waals surface area contributed by atoms with Crippen LogP contribution >= 0.6 is 0 Å². The molecule has 0 aliphatic heterocycles. The first-order chi connectivity index (χ1) is 3.46. The summed E-state index contributed by atoms with van der Waals surface area (Å²) in [7, 11) is 0. The van der Waals surface area contributed by atoms with Crippen molar-refractivity contribution in [2.24, 2.45) is 0 Å². The number of carbonyl (C=O) groups is 2. The number of carbonyl (C=O) groups excluding carboxylic acids is 2. The van der Waals surface area contributed by atoms with Crippen molar-refractivity contribution in [1.29, 1.82) is 0 Å². The predicted molar refractivity (Wildman–Crippen MR) is 35.8 cm³/mol. The average Bonchev–Trinajstić information content (AvgIpc) is 1.25. The first kappa shape index (κ1) is 15.9. The molecule has 0 heterocycles. The number of hydrogen-bond acceptors (Lipinski definition) is 2. The van der Waals surface area contributed by atoms with Gasteiger partial charge >= 0.3 is 23.1 Å². The molecule has 0 unspecified atom stereocenters. The smallest absolute Gasteiger partial charge is 0.668 e. The maximum absolute atomic E-state index is 9.11. The fourth-order valence-corrected chi connectivity index (χ4v) is 0. The van der Waals surface area contributed by atoms with Crippen molar-refractivity contribution < 1.29 is 9.59 Å². The third kappa shape index (κ3) is 2910.